The first-order valence-corrected chi connectivity index (χ1v) is 7.14. The van der Waals surface area contributed by atoms with Crippen molar-refractivity contribution >= 4 is 11.6 Å². The van der Waals surface area contributed by atoms with E-state index in [0.29, 0.717) is 18.9 Å². The number of aromatic nitrogens is 2. The van der Waals surface area contributed by atoms with Gasteiger partial charge in [0.1, 0.15) is 12.4 Å². The summed E-state index contributed by atoms with van der Waals surface area (Å²) in [7, 11) is 0. The highest BCUT2D eigenvalue weighted by molar-refractivity contribution is 6.18. The van der Waals surface area contributed by atoms with Crippen molar-refractivity contribution in [2.45, 2.75) is 26.5 Å². The van der Waals surface area contributed by atoms with Crippen LogP contribution >= 0.6 is 11.6 Å². The Balaban J connectivity index is 1.96. The van der Waals surface area contributed by atoms with Gasteiger partial charge in [-0.05, 0) is 25.1 Å². The van der Waals surface area contributed by atoms with Crippen LogP contribution in [0.3, 0.4) is 0 Å². The maximum Gasteiger partial charge on any atom is 0.121 e. The molecule has 20 heavy (non-hydrogen) atoms. The summed E-state index contributed by atoms with van der Waals surface area (Å²) in [5, 5.41) is 4.22. The predicted octanol–water partition coefficient (Wildman–Crippen LogP) is 3.46. The van der Waals surface area contributed by atoms with Crippen molar-refractivity contribution in [1.82, 2.24) is 9.78 Å². The molecule has 0 unspecified atom stereocenters. The number of hydrogen-bond donors (Lipinski definition) is 0. The van der Waals surface area contributed by atoms with Crippen molar-refractivity contribution in [3.63, 3.8) is 0 Å². The number of hydrogen-bond acceptors (Lipinski definition) is 2. The lowest BCUT2D eigenvalue weighted by Gasteiger charge is -2.04. The van der Waals surface area contributed by atoms with Crippen LogP contribution in [0.5, 0.6) is 5.75 Å². The van der Waals surface area contributed by atoms with Gasteiger partial charge in [0, 0.05) is 36.2 Å². The second-order valence-electron chi connectivity index (χ2n) is 4.26. The predicted molar refractivity (Wildman–Crippen MR) is 80.9 cm³/mol. The summed E-state index contributed by atoms with van der Waals surface area (Å²) in [4.78, 5) is 0. The van der Waals surface area contributed by atoms with E-state index >= 15 is 0 Å². The maximum atomic E-state index is 5.75. The Morgan fingerprint density at radius 2 is 2.30 bits per heavy atom. The summed E-state index contributed by atoms with van der Waals surface area (Å²) in [6.45, 7) is 3.44. The first kappa shape index (κ1) is 14.5. The largest absolute Gasteiger partial charge is 0.489 e. The molecule has 0 aliphatic rings. The Morgan fingerprint density at radius 3 is 3.05 bits per heavy atom. The Morgan fingerprint density at radius 1 is 1.40 bits per heavy atom. The fourth-order valence-corrected chi connectivity index (χ4v) is 1.79. The second-order valence-corrected chi connectivity index (χ2v) is 4.64. The first-order chi connectivity index (χ1) is 9.81. The van der Waals surface area contributed by atoms with E-state index in [1.54, 1.807) is 0 Å². The van der Waals surface area contributed by atoms with Crippen molar-refractivity contribution in [2.24, 2.45) is 0 Å². The molecule has 2 rings (SSSR count). The summed E-state index contributed by atoms with van der Waals surface area (Å²) in [5.41, 5.74) is 2.00. The van der Waals surface area contributed by atoms with Gasteiger partial charge in [-0.2, -0.15) is 5.10 Å². The molecule has 1 aromatic heterocycles. The molecule has 0 aliphatic heterocycles. The Labute approximate surface area is 124 Å². The van der Waals surface area contributed by atoms with Crippen LogP contribution in [0, 0.1) is 11.8 Å². The van der Waals surface area contributed by atoms with Gasteiger partial charge in [-0.15, -0.1) is 11.6 Å². The minimum absolute atomic E-state index is 0.512. The van der Waals surface area contributed by atoms with E-state index in [9.17, 15) is 0 Å². The van der Waals surface area contributed by atoms with E-state index in [0.717, 1.165) is 23.4 Å². The highest BCUT2D eigenvalue weighted by Crippen LogP contribution is 2.14. The normalized spacial score (nSPS) is 9.90. The van der Waals surface area contributed by atoms with Crippen molar-refractivity contribution in [3.8, 4) is 17.6 Å². The number of rotatable bonds is 5. The zero-order valence-corrected chi connectivity index (χ0v) is 12.2. The highest BCUT2D eigenvalue weighted by atomic mass is 35.5. The van der Waals surface area contributed by atoms with Crippen LogP contribution in [0.2, 0.25) is 0 Å². The average molecular weight is 289 g/mol. The zero-order chi connectivity index (χ0) is 14.2. The van der Waals surface area contributed by atoms with Gasteiger partial charge in [0.2, 0.25) is 0 Å². The fraction of sp³-hybridized carbons (Fsp3) is 0.312. The van der Waals surface area contributed by atoms with Gasteiger partial charge >= 0.3 is 0 Å². The van der Waals surface area contributed by atoms with Gasteiger partial charge in [-0.3, -0.25) is 4.68 Å². The van der Waals surface area contributed by atoms with Gasteiger partial charge in [0.15, 0.2) is 0 Å². The fourth-order valence-electron chi connectivity index (χ4n) is 1.70. The lowest BCUT2D eigenvalue weighted by atomic mass is 10.2. The van der Waals surface area contributed by atoms with E-state index in [2.05, 4.69) is 23.9 Å². The molecule has 0 spiro atoms. The van der Waals surface area contributed by atoms with Crippen molar-refractivity contribution in [3.05, 3.63) is 47.8 Å². The van der Waals surface area contributed by atoms with Gasteiger partial charge < -0.3 is 4.74 Å². The van der Waals surface area contributed by atoms with E-state index in [1.807, 2.05) is 41.3 Å². The van der Waals surface area contributed by atoms with E-state index in [4.69, 9.17) is 16.3 Å². The monoisotopic (exact) mass is 288 g/mol. The molecule has 1 heterocycles. The van der Waals surface area contributed by atoms with Crippen LogP contribution in [0.4, 0.5) is 0 Å². The molecule has 0 bridgehead atoms. The molecule has 0 radical (unpaired) electrons. The number of benzene rings is 1. The van der Waals surface area contributed by atoms with Crippen LogP contribution in [0.15, 0.2) is 36.7 Å². The molecule has 1 aromatic carbocycles. The lowest BCUT2D eigenvalue weighted by molar-refractivity contribution is 0.306. The Hall–Kier alpha value is -1.92. The standard InChI is InChI=1S/C16H17ClN2O/c1-2-19-12-15(11-18-19)13-20-16-8-5-7-14(10-16)6-3-4-9-17/h5,7-8,10-12H,2,4,9,13H2,1H3. The van der Waals surface area contributed by atoms with E-state index in [1.165, 1.54) is 0 Å². The van der Waals surface area contributed by atoms with E-state index < -0.39 is 0 Å². The minimum Gasteiger partial charge on any atom is -0.489 e. The Bertz CT molecular complexity index is 610. The molecule has 0 saturated carbocycles. The molecular formula is C16H17ClN2O. The number of alkyl halides is 1. The van der Waals surface area contributed by atoms with Crippen LogP contribution in [0.25, 0.3) is 0 Å². The zero-order valence-electron chi connectivity index (χ0n) is 11.5. The molecule has 0 fully saturated rings. The molecule has 0 N–H and O–H groups in total. The minimum atomic E-state index is 0.512. The van der Waals surface area contributed by atoms with Gasteiger partial charge in [0.25, 0.3) is 0 Å². The molecule has 4 heteroatoms. The van der Waals surface area contributed by atoms with E-state index in [-0.39, 0.29) is 0 Å². The molecule has 0 aliphatic carbocycles. The lowest BCUT2D eigenvalue weighted by Crippen LogP contribution is -1.95. The second kappa shape index (κ2) is 7.62. The third-order valence-corrected chi connectivity index (χ3v) is 2.89. The summed E-state index contributed by atoms with van der Waals surface area (Å²) in [5.74, 6) is 7.45. The van der Waals surface area contributed by atoms with Crippen molar-refractivity contribution < 1.29 is 4.74 Å². The maximum absolute atomic E-state index is 5.75. The quantitative estimate of drug-likeness (QED) is 0.622. The molecule has 0 amide bonds. The Kier molecular flexibility index (Phi) is 5.52. The summed E-state index contributed by atoms with van der Waals surface area (Å²) in [6, 6.07) is 7.77. The van der Waals surface area contributed by atoms with Crippen LogP contribution < -0.4 is 4.74 Å². The van der Waals surface area contributed by atoms with Gasteiger partial charge in [0.05, 0.1) is 6.20 Å². The number of halogens is 1. The third kappa shape index (κ3) is 4.32. The molecule has 0 saturated heterocycles. The summed E-state index contributed by atoms with van der Waals surface area (Å²) < 4.78 is 7.63. The molecule has 2 aromatic rings. The SMILES string of the molecule is CCn1cc(COc2cccc(C#CCCCl)c2)cn1. The number of ether oxygens (including phenoxy) is 1. The summed E-state index contributed by atoms with van der Waals surface area (Å²) in [6.07, 6.45) is 4.51. The molecule has 3 nitrogen and oxygen atoms in total. The molecule has 104 valence electrons. The van der Waals surface area contributed by atoms with Crippen molar-refractivity contribution in [1.29, 1.82) is 0 Å². The van der Waals surface area contributed by atoms with Crippen LogP contribution in [-0.2, 0) is 13.2 Å². The average Bonchev–Trinajstić information content (AvgIpc) is 2.94. The van der Waals surface area contributed by atoms with Gasteiger partial charge in [-0.1, -0.05) is 17.9 Å². The molecule has 0 atom stereocenters. The summed E-state index contributed by atoms with van der Waals surface area (Å²) >= 11 is 5.60. The van der Waals surface area contributed by atoms with Crippen molar-refractivity contribution in [2.75, 3.05) is 5.88 Å². The third-order valence-electron chi connectivity index (χ3n) is 2.70. The first-order valence-electron chi connectivity index (χ1n) is 6.61. The number of aryl methyl sites for hydroxylation is 1. The van der Waals surface area contributed by atoms with Gasteiger partial charge in [-0.25, -0.2) is 0 Å². The van der Waals surface area contributed by atoms with Crippen LogP contribution in [0.1, 0.15) is 24.5 Å². The smallest absolute Gasteiger partial charge is 0.121 e. The topological polar surface area (TPSA) is 27.1 Å². The highest BCUT2D eigenvalue weighted by Gasteiger charge is 1.99. The molecular weight excluding hydrogens is 272 g/mol. The van der Waals surface area contributed by atoms with Crippen LogP contribution in [-0.4, -0.2) is 15.7 Å². The number of nitrogens with zero attached hydrogens (tertiary/aromatic N) is 2.